The molecular formula is C24H20N2O5S. The first-order chi connectivity index (χ1) is 15.6. The Balaban J connectivity index is 1.35. The van der Waals surface area contributed by atoms with E-state index in [1.165, 1.54) is 7.11 Å². The first-order valence-corrected chi connectivity index (χ1v) is 11.1. The van der Waals surface area contributed by atoms with Gasteiger partial charge in [0.05, 0.1) is 18.4 Å². The topological polar surface area (TPSA) is 77.1 Å². The third-order valence-corrected chi connectivity index (χ3v) is 6.52. The Morgan fingerprint density at radius 3 is 2.66 bits per heavy atom. The van der Waals surface area contributed by atoms with Gasteiger partial charge in [-0.2, -0.15) is 0 Å². The minimum atomic E-state index is -0.248. The normalized spacial score (nSPS) is 16.8. The zero-order valence-corrected chi connectivity index (χ0v) is 18.1. The lowest BCUT2D eigenvalue weighted by atomic mass is 10.1. The van der Waals surface area contributed by atoms with Crippen molar-refractivity contribution in [2.45, 2.75) is 5.37 Å². The van der Waals surface area contributed by atoms with Gasteiger partial charge in [-0.1, -0.05) is 24.3 Å². The van der Waals surface area contributed by atoms with Gasteiger partial charge in [0, 0.05) is 17.4 Å². The molecule has 3 aromatic carbocycles. The number of amides is 2. The lowest BCUT2D eigenvalue weighted by Gasteiger charge is -2.24. The van der Waals surface area contributed by atoms with Crippen LogP contribution in [0.3, 0.4) is 0 Å². The second-order valence-electron chi connectivity index (χ2n) is 7.24. The highest BCUT2D eigenvalue weighted by atomic mass is 32.2. The summed E-state index contributed by atoms with van der Waals surface area (Å²) >= 11 is 1.56. The van der Waals surface area contributed by atoms with Crippen LogP contribution in [0.15, 0.2) is 66.7 Å². The van der Waals surface area contributed by atoms with E-state index in [9.17, 15) is 9.59 Å². The molecule has 0 saturated carbocycles. The summed E-state index contributed by atoms with van der Waals surface area (Å²) in [6.07, 6.45) is 0. The number of nitrogens with one attached hydrogen (secondary N) is 1. The van der Waals surface area contributed by atoms with E-state index in [0.717, 1.165) is 11.3 Å². The number of carbonyl (C=O) groups excluding carboxylic acids is 2. The van der Waals surface area contributed by atoms with Crippen molar-refractivity contribution < 1.29 is 23.8 Å². The lowest BCUT2D eigenvalue weighted by Crippen LogP contribution is -2.27. The zero-order valence-electron chi connectivity index (χ0n) is 17.2. The van der Waals surface area contributed by atoms with Gasteiger partial charge in [-0.05, 0) is 42.0 Å². The summed E-state index contributed by atoms with van der Waals surface area (Å²) in [4.78, 5) is 27.1. The first-order valence-electron chi connectivity index (χ1n) is 10.0. The molecule has 2 aliphatic rings. The molecule has 1 saturated heterocycles. The highest BCUT2D eigenvalue weighted by Crippen LogP contribution is 2.44. The molecule has 0 spiro atoms. The fourth-order valence-corrected chi connectivity index (χ4v) is 4.92. The number of thioether (sulfide) groups is 1. The average molecular weight is 449 g/mol. The zero-order chi connectivity index (χ0) is 22.1. The smallest absolute Gasteiger partial charge is 0.259 e. The van der Waals surface area contributed by atoms with Crippen LogP contribution in [0.2, 0.25) is 0 Å². The predicted octanol–water partition coefficient (Wildman–Crippen LogP) is 4.45. The number of hydrogen-bond acceptors (Lipinski definition) is 6. The molecule has 0 unspecified atom stereocenters. The molecule has 0 radical (unpaired) electrons. The van der Waals surface area contributed by atoms with Crippen LogP contribution in [0.5, 0.6) is 17.2 Å². The van der Waals surface area contributed by atoms with E-state index in [-0.39, 0.29) is 24.0 Å². The lowest BCUT2D eigenvalue weighted by molar-refractivity contribution is -0.115. The molecule has 8 heteroatoms. The fourth-order valence-electron chi connectivity index (χ4n) is 3.75. The maximum absolute atomic E-state index is 12.7. The number of anilines is 2. The van der Waals surface area contributed by atoms with Crippen LogP contribution in [0.4, 0.5) is 11.4 Å². The SMILES string of the molecule is COc1ccccc1C(=O)Nc1ccc([C@H]2SCC(=O)N2c2ccc3c(c2)OCO3)cc1. The van der Waals surface area contributed by atoms with E-state index < -0.39 is 0 Å². The van der Waals surface area contributed by atoms with Crippen LogP contribution >= 0.6 is 11.8 Å². The Bertz CT molecular complexity index is 1180. The molecule has 0 aromatic heterocycles. The van der Waals surface area contributed by atoms with E-state index in [1.54, 1.807) is 34.9 Å². The number of carbonyl (C=O) groups is 2. The summed E-state index contributed by atoms with van der Waals surface area (Å²) in [7, 11) is 1.54. The third-order valence-electron chi connectivity index (χ3n) is 5.31. The number of benzene rings is 3. The Morgan fingerprint density at radius 2 is 1.84 bits per heavy atom. The molecule has 162 valence electrons. The molecule has 2 amide bonds. The van der Waals surface area contributed by atoms with E-state index in [2.05, 4.69) is 5.32 Å². The minimum absolute atomic E-state index is 0.0346. The molecule has 1 N–H and O–H groups in total. The molecule has 5 rings (SSSR count). The van der Waals surface area contributed by atoms with Crippen LogP contribution in [-0.4, -0.2) is 31.5 Å². The molecule has 0 bridgehead atoms. The molecule has 0 aliphatic carbocycles. The van der Waals surface area contributed by atoms with Gasteiger partial charge in [0.25, 0.3) is 5.91 Å². The highest BCUT2D eigenvalue weighted by molar-refractivity contribution is 8.00. The summed E-state index contributed by atoms with van der Waals surface area (Å²) in [5.41, 5.74) is 2.86. The van der Waals surface area contributed by atoms with Crippen molar-refractivity contribution in [2.75, 3.05) is 29.9 Å². The Morgan fingerprint density at radius 1 is 1.06 bits per heavy atom. The van der Waals surface area contributed by atoms with Crippen molar-refractivity contribution in [1.82, 2.24) is 0 Å². The van der Waals surface area contributed by atoms with E-state index >= 15 is 0 Å². The van der Waals surface area contributed by atoms with E-state index in [4.69, 9.17) is 14.2 Å². The van der Waals surface area contributed by atoms with E-state index in [1.807, 2.05) is 48.5 Å². The molecule has 7 nitrogen and oxygen atoms in total. The van der Waals surface area contributed by atoms with E-state index in [0.29, 0.717) is 34.3 Å². The van der Waals surface area contributed by atoms with Crippen molar-refractivity contribution in [3.05, 3.63) is 77.9 Å². The van der Waals surface area contributed by atoms with Crippen molar-refractivity contribution in [2.24, 2.45) is 0 Å². The number of rotatable bonds is 5. The summed E-state index contributed by atoms with van der Waals surface area (Å²) < 4.78 is 16.1. The van der Waals surface area contributed by atoms with Gasteiger partial charge in [-0.25, -0.2) is 0 Å². The number of ether oxygens (including phenoxy) is 3. The molecule has 2 heterocycles. The van der Waals surface area contributed by atoms with Gasteiger partial charge < -0.3 is 19.5 Å². The summed E-state index contributed by atoms with van der Waals surface area (Å²) in [6, 6.07) is 20.1. The second kappa shape index (κ2) is 8.47. The maximum Gasteiger partial charge on any atom is 0.259 e. The second-order valence-corrected chi connectivity index (χ2v) is 8.31. The molecule has 3 aromatic rings. The standard InChI is InChI=1S/C24H20N2O5S/c1-29-19-5-3-2-4-18(19)23(28)25-16-8-6-15(7-9-16)24-26(22(27)13-32-24)17-10-11-20-21(12-17)31-14-30-20/h2-12,24H,13-14H2,1H3,(H,25,28)/t24-/m1/s1. The van der Waals surface area contributed by atoms with Crippen molar-refractivity contribution in [3.63, 3.8) is 0 Å². The Hall–Kier alpha value is -3.65. The number of para-hydroxylation sites is 1. The van der Waals surface area contributed by atoms with Crippen LogP contribution < -0.4 is 24.4 Å². The van der Waals surface area contributed by atoms with Crippen molar-refractivity contribution in [3.8, 4) is 17.2 Å². The van der Waals surface area contributed by atoms with Crippen molar-refractivity contribution >= 4 is 35.0 Å². The van der Waals surface area contributed by atoms with Crippen molar-refractivity contribution in [1.29, 1.82) is 0 Å². The van der Waals surface area contributed by atoms with Gasteiger partial charge in [0.2, 0.25) is 12.7 Å². The summed E-state index contributed by atoms with van der Waals surface area (Å²) in [6.45, 7) is 0.187. The average Bonchev–Trinajstić information content (AvgIpc) is 3.45. The fraction of sp³-hybridized carbons (Fsp3) is 0.167. The molecule has 32 heavy (non-hydrogen) atoms. The Kier molecular flexibility index (Phi) is 5.36. The van der Waals surface area contributed by atoms with Gasteiger partial charge in [-0.15, -0.1) is 11.8 Å². The third kappa shape index (κ3) is 3.73. The minimum Gasteiger partial charge on any atom is -0.496 e. The molecule has 1 atom stereocenters. The molecule has 1 fully saturated rings. The van der Waals surface area contributed by atoms with Gasteiger partial charge >= 0.3 is 0 Å². The van der Waals surface area contributed by atoms with Crippen LogP contribution in [0, 0.1) is 0 Å². The molecular weight excluding hydrogens is 428 g/mol. The van der Waals surface area contributed by atoms with Crippen LogP contribution in [0.25, 0.3) is 0 Å². The maximum atomic E-state index is 12.7. The van der Waals surface area contributed by atoms with Gasteiger partial charge in [-0.3, -0.25) is 14.5 Å². The number of nitrogens with zero attached hydrogens (tertiary/aromatic N) is 1. The largest absolute Gasteiger partial charge is 0.496 e. The number of fused-ring (bicyclic) bond motifs is 1. The summed E-state index contributed by atoms with van der Waals surface area (Å²) in [5, 5.41) is 2.73. The van der Waals surface area contributed by atoms with Crippen LogP contribution in [0.1, 0.15) is 21.3 Å². The quantitative estimate of drug-likeness (QED) is 0.621. The molecule has 2 aliphatic heterocycles. The Labute approximate surface area is 189 Å². The number of hydrogen-bond donors (Lipinski definition) is 1. The predicted molar refractivity (Wildman–Crippen MR) is 123 cm³/mol. The summed E-state index contributed by atoms with van der Waals surface area (Å²) in [5.74, 6) is 2.02. The van der Waals surface area contributed by atoms with Gasteiger partial charge in [0.1, 0.15) is 11.1 Å². The number of methoxy groups -OCH3 is 1. The van der Waals surface area contributed by atoms with Crippen LogP contribution in [-0.2, 0) is 4.79 Å². The highest BCUT2D eigenvalue weighted by Gasteiger charge is 2.34. The van der Waals surface area contributed by atoms with Gasteiger partial charge in [0.15, 0.2) is 11.5 Å². The first kappa shape index (κ1) is 20.3. The monoisotopic (exact) mass is 448 g/mol.